The molecular weight excluding hydrogens is 243 g/mol. The average Bonchev–Trinajstić information content (AvgIpc) is 2.39. The fourth-order valence-electron chi connectivity index (χ4n) is 2.48. The number of hydrogen-bond acceptors (Lipinski definition) is 3. The summed E-state index contributed by atoms with van der Waals surface area (Å²) in [6.45, 7) is 7.14. The maximum absolute atomic E-state index is 6.00. The molecule has 0 radical (unpaired) electrons. The minimum Gasteiger partial charge on any atom is -0.398 e. The lowest BCUT2D eigenvalue weighted by molar-refractivity contribution is -0.0580. The van der Waals surface area contributed by atoms with Crippen LogP contribution in [0.2, 0.25) is 0 Å². The van der Waals surface area contributed by atoms with Gasteiger partial charge in [0.05, 0.1) is 12.7 Å². The van der Waals surface area contributed by atoms with E-state index in [2.05, 4.69) is 33.7 Å². The zero-order valence-corrected chi connectivity index (χ0v) is 12.0. The third-order valence-corrected chi connectivity index (χ3v) is 3.92. The number of rotatable bonds is 3. The second kappa shape index (κ2) is 5.83. The van der Waals surface area contributed by atoms with Crippen LogP contribution in [-0.2, 0) is 4.74 Å². The van der Waals surface area contributed by atoms with Crippen molar-refractivity contribution in [1.29, 1.82) is 0 Å². The molecule has 2 rings (SSSR count). The zero-order chi connectivity index (χ0) is 13.1. The van der Waals surface area contributed by atoms with E-state index in [4.69, 9.17) is 10.5 Å². The molecule has 98 valence electrons. The Bertz CT molecular complexity index is 436. The predicted octanol–water partition coefficient (Wildman–Crippen LogP) is 2.34. The molecule has 1 heterocycles. The van der Waals surface area contributed by atoms with Crippen molar-refractivity contribution in [2.24, 2.45) is 0 Å². The number of hydrogen-bond donors (Lipinski definition) is 1. The van der Waals surface area contributed by atoms with E-state index in [1.54, 1.807) is 0 Å². The molecule has 1 fully saturated rings. The fraction of sp³-hybridized carbons (Fsp3) is 0.500. The van der Waals surface area contributed by atoms with E-state index in [0.29, 0.717) is 6.04 Å². The SMILES string of the molecule is CCN1CC(c2cccc(N)c2C=P)OC[C@@H]1C. The lowest BCUT2D eigenvalue weighted by Gasteiger charge is -2.38. The number of morpholine rings is 1. The second-order valence-electron chi connectivity index (χ2n) is 4.75. The monoisotopic (exact) mass is 264 g/mol. The number of ether oxygens (including phenoxy) is 1. The van der Waals surface area contributed by atoms with Gasteiger partial charge in [-0.15, -0.1) is 8.86 Å². The Morgan fingerprint density at radius 1 is 1.56 bits per heavy atom. The molecule has 0 amide bonds. The highest BCUT2D eigenvalue weighted by Crippen LogP contribution is 2.29. The van der Waals surface area contributed by atoms with Gasteiger partial charge in [-0.1, -0.05) is 19.1 Å². The molecule has 18 heavy (non-hydrogen) atoms. The van der Waals surface area contributed by atoms with Gasteiger partial charge in [0.2, 0.25) is 0 Å². The Hall–Kier alpha value is -0.890. The number of likely N-dealkylation sites (N-methyl/N-ethyl adjacent to an activating group) is 1. The molecule has 0 aliphatic carbocycles. The van der Waals surface area contributed by atoms with Gasteiger partial charge in [-0.05, 0) is 30.9 Å². The summed E-state index contributed by atoms with van der Waals surface area (Å²) in [7, 11) is 3.45. The van der Waals surface area contributed by atoms with Crippen LogP contribution >= 0.6 is 8.86 Å². The lowest BCUT2D eigenvalue weighted by Crippen LogP contribution is -2.44. The van der Waals surface area contributed by atoms with E-state index >= 15 is 0 Å². The normalized spacial score (nSPS) is 25.0. The second-order valence-corrected chi connectivity index (χ2v) is 5.04. The summed E-state index contributed by atoms with van der Waals surface area (Å²) in [4.78, 5) is 2.44. The van der Waals surface area contributed by atoms with Gasteiger partial charge in [-0.25, -0.2) is 0 Å². The standard InChI is InChI=1S/C14H21N2OP/c1-3-16-7-14(17-8-10(16)2)11-5-4-6-13(15)12(11)9-18/h4-6,9-10,14,18H,3,7-8,15H2,1-2H3/t10-,14?/m0/s1. The van der Waals surface area contributed by atoms with Gasteiger partial charge < -0.3 is 10.5 Å². The predicted molar refractivity (Wildman–Crippen MR) is 79.7 cm³/mol. The molecule has 3 nitrogen and oxygen atoms in total. The molecule has 1 aromatic rings. The molecule has 0 bridgehead atoms. The third-order valence-electron chi connectivity index (χ3n) is 3.63. The van der Waals surface area contributed by atoms with Gasteiger partial charge in [0.15, 0.2) is 0 Å². The first-order valence-corrected chi connectivity index (χ1v) is 6.99. The Morgan fingerprint density at radius 3 is 3.00 bits per heavy atom. The van der Waals surface area contributed by atoms with Crippen molar-refractivity contribution in [1.82, 2.24) is 4.90 Å². The van der Waals surface area contributed by atoms with Crippen LogP contribution in [0.15, 0.2) is 18.2 Å². The highest BCUT2D eigenvalue weighted by atomic mass is 31.0. The first kappa shape index (κ1) is 13.5. The van der Waals surface area contributed by atoms with Crippen LogP contribution in [0.4, 0.5) is 5.69 Å². The largest absolute Gasteiger partial charge is 0.398 e. The van der Waals surface area contributed by atoms with Crippen molar-refractivity contribution in [2.45, 2.75) is 26.0 Å². The molecule has 2 N–H and O–H groups in total. The van der Waals surface area contributed by atoms with Crippen LogP contribution in [-0.4, -0.2) is 36.4 Å². The third kappa shape index (κ3) is 2.59. The van der Waals surface area contributed by atoms with Crippen LogP contribution < -0.4 is 5.73 Å². The maximum atomic E-state index is 6.00. The molecule has 4 heteroatoms. The summed E-state index contributed by atoms with van der Waals surface area (Å²) in [5.41, 5.74) is 8.98. The number of nitrogen functional groups attached to an aromatic ring is 1. The molecule has 1 aromatic carbocycles. The molecule has 1 aliphatic heterocycles. The van der Waals surface area contributed by atoms with Crippen LogP contribution in [0.1, 0.15) is 31.1 Å². The number of nitrogens with two attached hydrogens (primary N) is 1. The van der Waals surface area contributed by atoms with E-state index < -0.39 is 0 Å². The minimum atomic E-state index is 0.104. The number of anilines is 1. The molecule has 0 saturated carbocycles. The van der Waals surface area contributed by atoms with E-state index in [0.717, 1.165) is 36.5 Å². The lowest BCUT2D eigenvalue weighted by atomic mass is 9.99. The topological polar surface area (TPSA) is 38.5 Å². The summed E-state index contributed by atoms with van der Waals surface area (Å²) in [5, 5.41) is 0. The average molecular weight is 264 g/mol. The number of benzene rings is 1. The van der Waals surface area contributed by atoms with Crippen molar-refractivity contribution < 1.29 is 4.74 Å². The zero-order valence-electron chi connectivity index (χ0n) is 11.0. The Balaban J connectivity index is 2.27. The van der Waals surface area contributed by atoms with Gasteiger partial charge in [0, 0.05) is 23.8 Å². The summed E-state index contributed by atoms with van der Waals surface area (Å²) in [6.07, 6.45) is 0.104. The van der Waals surface area contributed by atoms with Gasteiger partial charge >= 0.3 is 0 Å². The van der Waals surface area contributed by atoms with E-state index in [1.807, 2.05) is 17.9 Å². The maximum Gasteiger partial charge on any atom is 0.0959 e. The van der Waals surface area contributed by atoms with Crippen molar-refractivity contribution in [3.8, 4) is 0 Å². The molecular formula is C14H21N2OP. The molecule has 1 saturated heterocycles. The van der Waals surface area contributed by atoms with Crippen LogP contribution in [0, 0.1) is 0 Å². The van der Waals surface area contributed by atoms with Crippen LogP contribution in [0.25, 0.3) is 0 Å². The molecule has 1 unspecified atom stereocenters. The molecule has 0 spiro atoms. The first-order valence-electron chi connectivity index (χ1n) is 6.41. The van der Waals surface area contributed by atoms with E-state index in [-0.39, 0.29) is 6.10 Å². The van der Waals surface area contributed by atoms with Crippen molar-refractivity contribution in [3.05, 3.63) is 29.3 Å². The number of nitrogens with zero attached hydrogens (tertiary/aromatic N) is 1. The molecule has 0 aromatic heterocycles. The molecule has 1 aliphatic rings. The summed E-state index contributed by atoms with van der Waals surface area (Å²) < 4.78 is 5.97. The van der Waals surface area contributed by atoms with E-state index in [9.17, 15) is 0 Å². The van der Waals surface area contributed by atoms with Crippen LogP contribution in [0.3, 0.4) is 0 Å². The Morgan fingerprint density at radius 2 is 2.33 bits per heavy atom. The Kier molecular flexibility index (Phi) is 4.39. The molecule has 2 atom stereocenters. The van der Waals surface area contributed by atoms with Gasteiger partial charge in [-0.2, -0.15) is 0 Å². The summed E-state index contributed by atoms with van der Waals surface area (Å²) in [5.74, 6) is 1.88. The fourth-order valence-corrected chi connectivity index (χ4v) is 2.82. The van der Waals surface area contributed by atoms with Gasteiger partial charge in [0.25, 0.3) is 0 Å². The van der Waals surface area contributed by atoms with Crippen molar-refractivity contribution in [3.63, 3.8) is 0 Å². The van der Waals surface area contributed by atoms with Gasteiger partial charge in [0.1, 0.15) is 0 Å². The summed E-state index contributed by atoms with van der Waals surface area (Å²) in [6, 6.07) is 6.49. The first-order chi connectivity index (χ1) is 8.67. The van der Waals surface area contributed by atoms with Crippen molar-refractivity contribution >= 4 is 20.3 Å². The summed E-state index contributed by atoms with van der Waals surface area (Å²) >= 11 is 0. The highest BCUT2D eigenvalue weighted by molar-refractivity contribution is 7.19. The minimum absolute atomic E-state index is 0.104. The van der Waals surface area contributed by atoms with Crippen LogP contribution in [0.5, 0.6) is 0 Å². The van der Waals surface area contributed by atoms with Crippen molar-refractivity contribution in [2.75, 3.05) is 25.4 Å². The quantitative estimate of drug-likeness (QED) is 0.672. The highest BCUT2D eigenvalue weighted by Gasteiger charge is 2.27. The Labute approximate surface area is 111 Å². The smallest absolute Gasteiger partial charge is 0.0959 e. The van der Waals surface area contributed by atoms with Gasteiger partial charge in [-0.3, -0.25) is 4.90 Å². The van der Waals surface area contributed by atoms with E-state index in [1.165, 1.54) is 0 Å².